The first-order valence-corrected chi connectivity index (χ1v) is 14.3. The van der Waals surface area contributed by atoms with Crippen LogP contribution in [-0.2, 0) is 4.79 Å². The summed E-state index contributed by atoms with van der Waals surface area (Å²) >= 11 is 0. The Labute approximate surface area is 230 Å². The standard InChI is InChI=1S/C32H39N5O2/c1-2-34-17-14-28(29(22-34)25-9-5-3-6-10-25)31(38)36-19-15-32(39,16-20-36)23-35-21-26-13-18-37(30(26)33-24-35)27-11-7-4-8-12-27/h3-13,18,21,28-29,39H,2,14-17,19-20,22-24H2,1H3/t28-,29+/m1/s1. The number of carbonyl (C=O) groups is 1. The number of β-amino-alcohol motifs (C(OH)–C–C–N with tert-alkyl or cyclic N) is 1. The molecular weight excluding hydrogens is 486 g/mol. The van der Waals surface area contributed by atoms with Gasteiger partial charge in [-0.05, 0) is 56.1 Å². The first-order chi connectivity index (χ1) is 19.0. The minimum Gasteiger partial charge on any atom is -0.388 e. The van der Waals surface area contributed by atoms with Gasteiger partial charge in [-0.15, -0.1) is 0 Å². The molecule has 7 heteroatoms. The zero-order chi connectivity index (χ0) is 26.8. The Morgan fingerprint density at radius 3 is 2.44 bits per heavy atom. The van der Waals surface area contributed by atoms with Gasteiger partial charge in [0.2, 0.25) is 5.91 Å². The summed E-state index contributed by atoms with van der Waals surface area (Å²) in [5.74, 6) is 0.478. The van der Waals surface area contributed by atoms with Crippen LogP contribution in [0.2, 0.25) is 0 Å². The van der Waals surface area contributed by atoms with Crippen LogP contribution in [0.15, 0.2) is 77.9 Å². The number of carbonyl (C=O) groups excluding carboxylic acids is 1. The van der Waals surface area contributed by atoms with E-state index in [1.807, 2.05) is 29.2 Å². The number of piperidine rings is 2. The van der Waals surface area contributed by atoms with Gasteiger partial charge in [0.25, 0.3) is 0 Å². The van der Waals surface area contributed by atoms with Crippen LogP contribution in [0.4, 0.5) is 0 Å². The SMILES string of the molecule is CCN1CC[C@@H](C(=O)N2CCC(O)(CN3C=c4ccn(-c5ccccc5)c4=NC3)CC2)[C@H](c2ccccc2)C1. The van der Waals surface area contributed by atoms with E-state index < -0.39 is 5.60 Å². The highest BCUT2D eigenvalue weighted by atomic mass is 16.3. The number of likely N-dealkylation sites (tertiary alicyclic amines) is 2. The molecule has 0 spiro atoms. The number of nitrogens with zero attached hydrogens (tertiary/aromatic N) is 5. The van der Waals surface area contributed by atoms with E-state index in [1.54, 1.807) is 0 Å². The van der Waals surface area contributed by atoms with Gasteiger partial charge in [-0.1, -0.05) is 55.5 Å². The number of benzene rings is 2. The molecular formula is C32H39N5O2. The van der Waals surface area contributed by atoms with Crippen molar-refractivity contribution in [1.82, 2.24) is 19.3 Å². The Hall–Kier alpha value is -3.42. The van der Waals surface area contributed by atoms with Crippen molar-refractivity contribution < 1.29 is 9.90 Å². The van der Waals surface area contributed by atoms with E-state index in [4.69, 9.17) is 4.99 Å². The number of para-hydroxylation sites is 1. The smallest absolute Gasteiger partial charge is 0.226 e. The van der Waals surface area contributed by atoms with E-state index in [9.17, 15) is 9.90 Å². The van der Waals surface area contributed by atoms with Crippen molar-refractivity contribution in [3.63, 3.8) is 0 Å². The fourth-order valence-corrected chi connectivity index (χ4v) is 6.55. The molecule has 0 unspecified atom stereocenters. The summed E-state index contributed by atoms with van der Waals surface area (Å²) in [7, 11) is 0. The van der Waals surface area contributed by atoms with Gasteiger partial charge in [-0.3, -0.25) is 4.79 Å². The maximum Gasteiger partial charge on any atom is 0.226 e. The first-order valence-electron chi connectivity index (χ1n) is 14.3. The zero-order valence-corrected chi connectivity index (χ0v) is 22.8. The second-order valence-corrected chi connectivity index (χ2v) is 11.3. The summed E-state index contributed by atoms with van der Waals surface area (Å²) in [4.78, 5) is 25.2. The maximum absolute atomic E-state index is 13.8. The summed E-state index contributed by atoms with van der Waals surface area (Å²) in [6, 6.07) is 22.8. The van der Waals surface area contributed by atoms with Crippen molar-refractivity contribution in [2.75, 3.05) is 45.9 Å². The molecule has 0 bridgehead atoms. The molecule has 6 rings (SSSR count). The molecule has 2 fully saturated rings. The Bertz CT molecular complexity index is 1400. The fraction of sp³-hybridized carbons (Fsp3) is 0.438. The predicted octanol–water partition coefficient (Wildman–Crippen LogP) is 2.59. The van der Waals surface area contributed by atoms with Gasteiger partial charge in [0, 0.05) is 61.3 Å². The topological polar surface area (TPSA) is 64.3 Å². The van der Waals surface area contributed by atoms with Crippen molar-refractivity contribution in [2.24, 2.45) is 10.9 Å². The second-order valence-electron chi connectivity index (χ2n) is 11.3. The average molecular weight is 526 g/mol. The van der Waals surface area contributed by atoms with Crippen molar-refractivity contribution in [3.05, 3.63) is 89.2 Å². The largest absolute Gasteiger partial charge is 0.388 e. The number of aromatic nitrogens is 1. The summed E-state index contributed by atoms with van der Waals surface area (Å²) in [6.07, 6.45) is 6.23. The Morgan fingerprint density at radius 2 is 1.72 bits per heavy atom. The lowest BCUT2D eigenvalue weighted by atomic mass is 9.79. The highest BCUT2D eigenvalue weighted by Crippen LogP contribution is 2.35. The summed E-state index contributed by atoms with van der Waals surface area (Å²) in [5, 5.41) is 12.6. The van der Waals surface area contributed by atoms with Crippen LogP contribution in [0, 0.1) is 5.92 Å². The highest BCUT2D eigenvalue weighted by Gasteiger charge is 2.40. The lowest BCUT2D eigenvalue weighted by Gasteiger charge is -2.44. The van der Waals surface area contributed by atoms with Crippen LogP contribution in [0.5, 0.6) is 0 Å². The number of hydrogen-bond acceptors (Lipinski definition) is 5. The van der Waals surface area contributed by atoms with Crippen LogP contribution in [-0.4, -0.2) is 81.8 Å². The van der Waals surface area contributed by atoms with Crippen molar-refractivity contribution in [1.29, 1.82) is 0 Å². The zero-order valence-electron chi connectivity index (χ0n) is 22.8. The van der Waals surface area contributed by atoms with Crippen molar-refractivity contribution >= 4 is 12.1 Å². The fourth-order valence-electron chi connectivity index (χ4n) is 6.55. The van der Waals surface area contributed by atoms with Crippen LogP contribution in [0.1, 0.15) is 37.7 Å². The molecule has 1 amide bonds. The summed E-state index contributed by atoms with van der Waals surface area (Å²) in [6.45, 7) is 7.35. The molecule has 2 aromatic carbocycles. The predicted molar refractivity (Wildman–Crippen MR) is 153 cm³/mol. The maximum atomic E-state index is 13.8. The van der Waals surface area contributed by atoms with Crippen LogP contribution in [0.25, 0.3) is 11.9 Å². The van der Waals surface area contributed by atoms with Gasteiger partial charge in [-0.2, -0.15) is 0 Å². The Kier molecular flexibility index (Phi) is 7.28. The van der Waals surface area contributed by atoms with E-state index in [0.717, 1.165) is 42.4 Å². The average Bonchev–Trinajstić information content (AvgIpc) is 3.41. The first kappa shape index (κ1) is 25.8. The molecule has 2 saturated heterocycles. The molecule has 3 aliphatic rings. The van der Waals surface area contributed by atoms with Gasteiger partial charge in [-0.25, -0.2) is 4.99 Å². The highest BCUT2D eigenvalue weighted by molar-refractivity contribution is 5.80. The van der Waals surface area contributed by atoms with Crippen LogP contribution < -0.4 is 10.7 Å². The lowest BCUT2D eigenvalue weighted by molar-refractivity contribution is -0.142. The minimum atomic E-state index is -0.827. The van der Waals surface area contributed by atoms with Crippen molar-refractivity contribution in [3.8, 4) is 5.69 Å². The van der Waals surface area contributed by atoms with Gasteiger partial charge in [0.15, 0.2) is 0 Å². The third kappa shape index (κ3) is 5.38. The van der Waals surface area contributed by atoms with Gasteiger partial charge in [0.1, 0.15) is 12.2 Å². The molecule has 0 saturated carbocycles. The number of fused-ring (bicyclic) bond motifs is 1. The van der Waals surface area contributed by atoms with Crippen LogP contribution in [0.3, 0.4) is 0 Å². The quantitative estimate of drug-likeness (QED) is 0.538. The molecule has 0 aliphatic carbocycles. The van der Waals surface area contributed by atoms with Crippen molar-refractivity contribution in [2.45, 2.75) is 37.7 Å². The summed E-state index contributed by atoms with van der Waals surface area (Å²) < 4.78 is 2.11. The number of hydrogen-bond donors (Lipinski definition) is 1. The molecule has 204 valence electrons. The number of rotatable bonds is 6. The molecule has 2 atom stereocenters. The Balaban J connectivity index is 1.10. The molecule has 1 aromatic heterocycles. The van der Waals surface area contributed by atoms with E-state index in [1.165, 1.54) is 5.56 Å². The van der Waals surface area contributed by atoms with E-state index in [0.29, 0.717) is 39.1 Å². The molecule has 7 nitrogen and oxygen atoms in total. The van der Waals surface area contributed by atoms with Gasteiger partial charge >= 0.3 is 0 Å². The monoisotopic (exact) mass is 525 g/mol. The Morgan fingerprint density at radius 1 is 1.00 bits per heavy atom. The van der Waals surface area contributed by atoms with E-state index in [-0.39, 0.29) is 17.7 Å². The molecule has 3 aromatic rings. The third-order valence-electron chi connectivity index (χ3n) is 8.84. The van der Waals surface area contributed by atoms with E-state index >= 15 is 0 Å². The van der Waals surface area contributed by atoms with Gasteiger partial charge in [0.05, 0.1) is 5.60 Å². The lowest BCUT2D eigenvalue weighted by Crippen LogP contribution is -2.54. The molecule has 1 N–H and O–H groups in total. The minimum absolute atomic E-state index is 0.00249. The molecule has 3 aliphatic heterocycles. The third-order valence-corrected chi connectivity index (χ3v) is 8.84. The molecule has 39 heavy (non-hydrogen) atoms. The molecule has 0 radical (unpaired) electrons. The number of aliphatic hydroxyl groups is 1. The van der Waals surface area contributed by atoms with Crippen LogP contribution >= 0.6 is 0 Å². The number of likely N-dealkylation sites (N-methyl/N-ethyl adjacent to an activating group) is 1. The number of amides is 1. The second kappa shape index (κ2) is 11.0. The van der Waals surface area contributed by atoms with Gasteiger partial charge < -0.3 is 24.4 Å². The normalized spacial score (nSPS) is 23.0. The summed E-state index contributed by atoms with van der Waals surface area (Å²) in [5.41, 5.74) is 2.47. The van der Waals surface area contributed by atoms with E-state index in [2.05, 4.69) is 76.2 Å². The molecule has 4 heterocycles.